The van der Waals surface area contributed by atoms with Crippen molar-refractivity contribution in [3.8, 4) is 0 Å². The molecule has 0 saturated carbocycles. The average Bonchev–Trinajstić information content (AvgIpc) is 2.39. The Morgan fingerprint density at radius 2 is 2.00 bits per heavy atom. The van der Waals surface area contributed by atoms with Gasteiger partial charge in [0.15, 0.2) is 0 Å². The Labute approximate surface area is 104 Å². The van der Waals surface area contributed by atoms with E-state index in [-0.39, 0.29) is 0 Å². The van der Waals surface area contributed by atoms with Gasteiger partial charge in [0.2, 0.25) is 0 Å². The summed E-state index contributed by atoms with van der Waals surface area (Å²) in [6.45, 7) is 0. The molecule has 0 unspecified atom stereocenters. The van der Waals surface area contributed by atoms with Crippen LogP contribution in [0.25, 0.3) is 0 Å². The number of rotatable bonds is 1. The fourth-order valence-corrected chi connectivity index (χ4v) is 5.11. The van der Waals surface area contributed by atoms with Crippen LogP contribution in [0.15, 0.2) is 29.4 Å². The van der Waals surface area contributed by atoms with Crippen molar-refractivity contribution < 1.29 is 0 Å². The van der Waals surface area contributed by atoms with Gasteiger partial charge >= 0.3 is 0 Å². The molecule has 1 aromatic rings. The van der Waals surface area contributed by atoms with Crippen LogP contribution in [0.4, 0.5) is 0 Å². The van der Waals surface area contributed by atoms with Crippen LogP contribution in [-0.4, -0.2) is 22.3 Å². The summed E-state index contributed by atoms with van der Waals surface area (Å²) >= 11 is 4.12. The van der Waals surface area contributed by atoms with Gasteiger partial charge in [-0.25, -0.2) is 0 Å². The Morgan fingerprint density at radius 1 is 1.19 bits per heavy atom. The van der Waals surface area contributed by atoms with Crippen molar-refractivity contribution in [2.45, 2.75) is 17.0 Å². The number of thioether (sulfide) groups is 2. The number of nitrogens with one attached hydrogen (secondary N) is 1. The summed E-state index contributed by atoms with van der Waals surface area (Å²) in [5.74, 6) is 2.56. The minimum atomic E-state index is 0.372. The molecule has 1 saturated heterocycles. The van der Waals surface area contributed by atoms with Crippen LogP contribution in [0.2, 0.25) is 0 Å². The second-order valence-electron chi connectivity index (χ2n) is 3.96. The number of hydrogen-bond acceptors (Lipinski definition) is 4. The monoisotopic (exact) mass is 250 g/mol. The first-order valence-corrected chi connectivity index (χ1v) is 7.65. The van der Waals surface area contributed by atoms with Crippen LogP contribution in [0.1, 0.15) is 23.6 Å². The van der Waals surface area contributed by atoms with Crippen molar-refractivity contribution in [3.63, 3.8) is 0 Å². The van der Waals surface area contributed by atoms with Gasteiger partial charge in [0.25, 0.3) is 0 Å². The molecular weight excluding hydrogens is 236 g/mol. The van der Waals surface area contributed by atoms with Gasteiger partial charge in [-0.05, 0) is 29.1 Å². The molecule has 2 aliphatic rings. The standard InChI is InChI=1S/C12H14N2S2/c1-2-5-10-9(4-1)8-13-14-11(10)12-15-6-3-7-16-12/h1-2,4-5,8,11-12,14H,3,6-7H2/t11-/m0/s1. The highest BCUT2D eigenvalue weighted by Crippen LogP contribution is 2.40. The Bertz CT molecular complexity index is 400. The van der Waals surface area contributed by atoms with Crippen molar-refractivity contribution in [2.24, 2.45) is 5.10 Å². The highest BCUT2D eigenvalue weighted by Gasteiger charge is 2.28. The average molecular weight is 250 g/mol. The van der Waals surface area contributed by atoms with Crippen molar-refractivity contribution in [1.29, 1.82) is 0 Å². The molecule has 0 radical (unpaired) electrons. The Hall–Kier alpha value is -0.610. The van der Waals surface area contributed by atoms with Gasteiger partial charge in [-0.1, -0.05) is 24.3 Å². The summed E-state index contributed by atoms with van der Waals surface area (Å²) in [6, 6.07) is 8.93. The summed E-state index contributed by atoms with van der Waals surface area (Å²) in [4.78, 5) is 0. The van der Waals surface area contributed by atoms with E-state index in [1.165, 1.54) is 29.1 Å². The van der Waals surface area contributed by atoms with Crippen LogP contribution >= 0.6 is 23.5 Å². The lowest BCUT2D eigenvalue weighted by Gasteiger charge is -2.31. The molecule has 0 aliphatic carbocycles. The number of fused-ring (bicyclic) bond motifs is 1. The van der Waals surface area contributed by atoms with E-state index in [1.807, 2.05) is 6.21 Å². The summed E-state index contributed by atoms with van der Waals surface area (Å²) in [5.41, 5.74) is 5.93. The van der Waals surface area contributed by atoms with E-state index in [0.29, 0.717) is 10.6 Å². The van der Waals surface area contributed by atoms with Crippen LogP contribution in [0.3, 0.4) is 0 Å². The van der Waals surface area contributed by atoms with Gasteiger partial charge in [-0.2, -0.15) is 5.10 Å². The molecule has 84 valence electrons. The Kier molecular flexibility index (Phi) is 3.11. The predicted octanol–water partition coefficient (Wildman–Crippen LogP) is 2.86. The van der Waals surface area contributed by atoms with E-state index in [9.17, 15) is 0 Å². The molecule has 2 nitrogen and oxygen atoms in total. The zero-order valence-electron chi connectivity index (χ0n) is 8.93. The minimum absolute atomic E-state index is 0.372. The molecule has 0 amide bonds. The van der Waals surface area contributed by atoms with Crippen molar-refractivity contribution >= 4 is 29.7 Å². The quantitative estimate of drug-likeness (QED) is 0.829. The maximum Gasteiger partial charge on any atom is 0.0905 e. The first kappa shape index (κ1) is 10.5. The smallest absolute Gasteiger partial charge is 0.0905 e. The number of benzene rings is 1. The van der Waals surface area contributed by atoms with Crippen molar-refractivity contribution in [1.82, 2.24) is 5.43 Å². The third kappa shape index (κ3) is 1.96. The summed E-state index contributed by atoms with van der Waals surface area (Å²) < 4.78 is 0.604. The molecule has 4 heteroatoms. The molecule has 0 bridgehead atoms. The number of nitrogens with zero attached hydrogens (tertiary/aromatic N) is 1. The van der Waals surface area contributed by atoms with Gasteiger partial charge in [-0.3, -0.25) is 0 Å². The summed E-state index contributed by atoms with van der Waals surface area (Å²) in [6.07, 6.45) is 3.26. The van der Waals surface area contributed by atoms with E-state index in [4.69, 9.17) is 0 Å². The first-order chi connectivity index (χ1) is 7.95. The van der Waals surface area contributed by atoms with Gasteiger partial charge in [-0.15, -0.1) is 23.5 Å². The van der Waals surface area contributed by atoms with Crippen LogP contribution < -0.4 is 5.43 Å². The van der Waals surface area contributed by atoms with Crippen molar-refractivity contribution in [3.05, 3.63) is 35.4 Å². The van der Waals surface area contributed by atoms with E-state index >= 15 is 0 Å². The molecule has 16 heavy (non-hydrogen) atoms. The van der Waals surface area contributed by atoms with E-state index in [0.717, 1.165) is 0 Å². The molecule has 1 N–H and O–H groups in total. The van der Waals surface area contributed by atoms with Crippen molar-refractivity contribution in [2.75, 3.05) is 11.5 Å². The van der Waals surface area contributed by atoms with Crippen LogP contribution in [0, 0.1) is 0 Å². The number of hydrogen-bond donors (Lipinski definition) is 1. The summed E-state index contributed by atoms with van der Waals surface area (Å²) in [5, 5.41) is 4.27. The lowest BCUT2D eigenvalue weighted by molar-refractivity contribution is 0.588. The zero-order chi connectivity index (χ0) is 10.8. The third-order valence-corrected chi connectivity index (χ3v) is 5.94. The summed E-state index contributed by atoms with van der Waals surface area (Å²) in [7, 11) is 0. The molecular formula is C12H14N2S2. The van der Waals surface area contributed by atoms with Gasteiger partial charge in [0.05, 0.1) is 16.8 Å². The lowest BCUT2D eigenvalue weighted by Crippen LogP contribution is -2.30. The Balaban J connectivity index is 1.88. The fourth-order valence-electron chi connectivity index (χ4n) is 2.07. The fraction of sp³-hybridized carbons (Fsp3) is 0.417. The molecule has 1 fully saturated rings. The second kappa shape index (κ2) is 4.72. The molecule has 1 aromatic carbocycles. The maximum absolute atomic E-state index is 4.27. The van der Waals surface area contributed by atoms with E-state index < -0.39 is 0 Å². The first-order valence-electron chi connectivity index (χ1n) is 5.56. The van der Waals surface area contributed by atoms with Gasteiger partial charge < -0.3 is 5.43 Å². The van der Waals surface area contributed by atoms with Gasteiger partial charge in [0.1, 0.15) is 0 Å². The molecule has 2 aliphatic heterocycles. The lowest BCUT2D eigenvalue weighted by atomic mass is 10.0. The molecule has 0 aromatic heterocycles. The minimum Gasteiger partial charge on any atom is -0.301 e. The normalized spacial score (nSPS) is 24.9. The van der Waals surface area contributed by atoms with E-state index in [1.54, 1.807) is 0 Å². The highest BCUT2D eigenvalue weighted by atomic mass is 32.2. The second-order valence-corrected chi connectivity index (χ2v) is 6.75. The topological polar surface area (TPSA) is 24.4 Å². The molecule has 0 spiro atoms. The Morgan fingerprint density at radius 3 is 2.88 bits per heavy atom. The SMILES string of the molecule is C1=NN[C@H](C2SCCCS2)c2ccccc21. The maximum atomic E-state index is 4.27. The molecule has 1 atom stereocenters. The highest BCUT2D eigenvalue weighted by molar-refractivity contribution is 8.17. The molecule has 2 heterocycles. The van der Waals surface area contributed by atoms with Crippen LogP contribution in [-0.2, 0) is 0 Å². The zero-order valence-corrected chi connectivity index (χ0v) is 10.6. The molecule has 3 rings (SSSR count). The van der Waals surface area contributed by atoms with Gasteiger partial charge in [0, 0.05) is 0 Å². The predicted molar refractivity (Wildman–Crippen MR) is 73.2 cm³/mol. The number of hydrazone groups is 1. The third-order valence-electron chi connectivity index (χ3n) is 2.87. The van der Waals surface area contributed by atoms with E-state index in [2.05, 4.69) is 58.3 Å². The van der Waals surface area contributed by atoms with Crippen LogP contribution in [0.5, 0.6) is 0 Å². The largest absolute Gasteiger partial charge is 0.301 e.